The van der Waals surface area contributed by atoms with Gasteiger partial charge < -0.3 is 10.1 Å². The molecule has 1 N–H and O–H groups in total. The third-order valence-electron chi connectivity index (χ3n) is 5.46. The smallest absolute Gasteiger partial charge is 0.220 e. The van der Waals surface area contributed by atoms with Crippen LogP contribution in [0.4, 0.5) is 0 Å². The Morgan fingerprint density at radius 1 is 1.13 bits per heavy atom. The Bertz CT molecular complexity index is 1210. The first-order valence-electron chi connectivity index (χ1n) is 10.6. The predicted molar refractivity (Wildman–Crippen MR) is 120 cm³/mol. The second kappa shape index (κ2) is 9.12. The van der Waals surface area contributed by atoms with Gasteiger partial charge in [-0.2, -0.15) is 0 Å². The van der Waals surface area contributed by atoms with Gasteiger partial charge in [0.2, 0.25) is 5.91 Å². The molecule has 0 saturated heterocycles. The van der Waals surface area contributed by atoms with Gasteiger partial charge in [0.1, 0.15) is 5.75 Å². The molecule has 0 unspecified atom stereocenters. The first-order valence-corrected chi connectivity index (χ1v) is 10.6. The molecular formula is C24H27N5O2. The summed E-state index contributed by atoms with van der Waals surface area (Å²) in [4.78, 5) is 21.5. The van der Waals surface area contributed by atoms with Crippen molar-refractivity contribution in [1.82, 2.24) is 24.9 Å². The molecule has 0 aliphatic rings. The summed E-state index contributed by atoms with van der Waals surface area (Å²) in [6.07, 6.45) is 3.56. The molecule has 0 aliphatic carbocycles. The molecule has 7 heteroatoms. The van der Waals surface area contributed by atoms with Crippen LogP contribution in [0.5, 0.6) is 5.75 Å². The standard InChI is InChI=1S/C24H27N5O2/c1-4-31-19-9-7-18(8-10-19)13-15-25-22(30)12-11-20-16(2)27-24-21-6-5-14-26-23(21)28-29(24)17(20)3/h5-10,14H,4,11-13,15H2,1-3H3,(H,25,30). The number of pyridine rings is 1. The third kappa shape index (κ3) is 4.50. The zero-order valence-corrected chi connectivity index (χ0v) is 18.2. The number of benzene rings is 1. The average molecular weight is 418 g/mol. The molecule has 1 amide bonds. The van der Waals surface area contributed by atoms with Crippen LogP contribution in [0, 0.1) is 13.8 Å². The summed E-state index contributed by atoms with van der Waals surface area (Å²) < 4.78 is 7.29. The maximum absolute atomic E-state index is 12.4. The van der Waals surface area contributed by atoms with Gasteiger partial charge in [0.25, 0.3) is 0 Å². The van der Waals surface area contributed by atoms with Crippen molar-refractivity contribution in [2.75, 3.05) is 13.2 Å². The van der Waals surface area contributed by atoms with E-state index in [0.717, 1.165) is 40.2 Å². The van der Waals surface area contributed by atoms with Gasteiger partial charge in [0, 0.05) is 30.6 Å². The Morgan fingerprint density at radius 2 is 1.94 bits per heavy atom. The van der Waals surface area contributed by atoms with Crippen molar-refractivity contribution in [3.05, 3.63) is 65.1 Å². The van der Waals surface area contributed by atoms with E-state index in [2.05, 4.69) is 15.4 Å². The summed E-state index contributed by atoms with van der Waals surface area (Å²) in [6, 6.07) is 11.9. The SMILES string of the molecule is CCOc1ccc(CCNC(=O)CCc2c(C)nc3c4cccnc4nn3c2C)cc1. The number of amides is 1. The van der Waals surface area contributed by atoms with E-state index < -0.39 is 0 Å². The van der Waals surface area contributed by atoms with E-state index in [9.17, 15) is 4.79 Å². The van der Waals surface area contributed by atoms with Crippen LogP contribution in [-0.2, 0) is 17.6 Å². The lowest BCUT2D eigenvalue weighted by molar-refractivity contribution is -0.121. The van der Waals surface area contributed by atoms with E-state index in [-0.39, 0.29) is 5.91 Å². The van der Waals surface area contributed by atoms with Crippen LogP contribution >= 0.6 is 0 Å². The Kier molecular flexibility index (Phi) is 6.11. The zero-order valence-electron chi connectivity index (χ0n) is 18.2. The van der Waals surface area contributed by atoms with Gasteiger partial charge in [-0.3, -0.25) is 4.79 Å². The molecule has 0 spiro atoms. The van der Waals surface area contributed by atoms with Crippen LogP contribution < -0.4 is 10.1 Å². The highest BCUT2D eigenvalue weighted by Gasteiger charge is 2.15. The molecule has 0 radical (unpaired) electrons. The molecule has 1 aromatic carbocycles. The molecule has 3 aromatic heterocycles. The van der Waals surface area contributed by atoms with Gasteiger partial charge >= 0.3 is 0 Å². The number of hydrogen-bond donors (Lipinski definition) is 1. The summed E-state index contributed by atoms with van der Waals surface area (Å²) in [6.45, 7) is 7.24. The Labute approximate surface area is 181 Å². The minimum absolute atomic E-state index is 0.0390. The molecule has 7 nitrogen and oxygen atoms in total. The second-order valence-electron chi connectivity index (χ2n) is 7.55. The number of carbonyl (C=O) groups excluding carboxylic acids is 1. The maximum atomic E-state index is 12.4. The molecule has 0 saturated carbocycles. The molecule has 160 valence electrons. The number of carbonyl (C=O) groups is 1. The summed E-state index contributed by atoms with van der Waals surface area (Å²) >= 11 is 0. The Morgan fingerprint density at radius 3 is 2.71 bits per heavy atom. The van der Waals surface area contributed by atoms with Crippen LogP contribution in [0.25, 0.3) is 16.7 Å². The van der Waals surface area contributed by atoms with Gasteiger partial charge in [0.15, 0.2) is 11.3 Å². The van der Waals surface area contributed by atoms with E-state index in [1.54, 1.807) is 6.20 Å². The number of aromatic nitrogens is 4. The molecule has 4 aromatic rings. The monoisotopic (exact) mass is 417 g/mol. The molecule has 0 bridgehead atoms. The van der Waals surface area contributed by atoms with Crippen LogP contribution in [0.3, 0.4) is 0 Å². The minimum Gasteiger partial charge on any atom is -0.494 e. The van der Waals surface area contributed by atoms with Gasteiger partial charge in [-0.05, 0) is 69.0 Å². The first kappa shape index (κ1) is 20.8. The van der Waals surface area contributed by atoms with E-state index in [1.807, 2.05) is 61.7 Å². The maximum Gasteiger partial charge on any atom is 0.220 e. The fourth-order valence-corrected chi connectivity index (χ4v) is 3.82. The highest BCUT2D eigenvalue weighted by Crippen LogP contribution is 2.21. The minimum atomic E-state index is 0.0390. The molecular weight excluding hydrogens is 390 g/mol. The van der Waals surface area contributed by atoms with Gasteiger partial charge in [-0.15, -0.1) is 5.10 Å². The number of nitrogens with zero attached hydrogens (tertiary/aromatic N) is 4. The van der Waals surface area contributed by atoms with E-state index in [0.29, 0.717) is 31.6 Å². The normalized spacial score (nSPS) is 11.2. The van der Waals surface area contributed by atoms with Crippen LogP contribution in [0.2, 0.25) is 0 Å². The average Bonchev–Trinajstić information content (AvgIpc) is 3.14. The van der Waals surface area contributed by atoms with E-state index >= 15 is 0 Å². The lowest BCUT2D eigenvalue weighted by Gasteiger charge is -2.11. The highest BCUT2D eigenvalue weighted by atomic mass is 16.5. The quantitative estimate of drug-likeness (QED) is 0.474. The second-order valence-corrected chi connectivity index (χ2v) is 7.55. The predicted octanol–water partition coefficient (Wildman–Crippen LogP) is 3.58. The van der Waals surface area contributed by atoms with Crippen LogP contribution in [0.1, 0.15) is 35.9 Å². The number of hydrogen-bond acceptors (Lipinski definition) is 5. The number of fused-ring (bicyclic) bond motifs is 3. The number of nitrogens with one attached hydrogen (secondary N) is 1. The van der Waals surface area contributed by atoms with Gasteiger partial charge in [-0.25, -0.2) is 14.5 Å². The lowest BCUT2D eigenvalue weighted by atomic mass is 10.1. The van der Waals surface area contributed by atoms with Gasteiger partial charge in [0.05, 0.1) is 12.0 Å². The van der Waals surface area contributed by atoms with E-state index in [4.69, 9.17) is 9.72 Å². The molecule has 0 aliphatic heterocycles. The van der Waals surface area contributed by atoms with Crippen molar-refractivity contribution in [3.8, 4) is 5.75 Å². The lowest BCUT2D eigenvalue weighted by Crippen LogP contribution is -2.26. The molecule has 4 rings (SSSR count). The largest absolute Gasteiger partial charge is 0.494 e. The number of aryl methyl sites for hydroxylation is 2. The van der Waals surface area contributed by atoms with Crippen molar-refractivity contribution in [2.45, 2.75) is 40.0 Å². The Balaban J connectivity index is 1.36. The van der Waals surface area contributed by atoms with Crippen LogP contribution in [-0.4, -0.2) is 38.6 Å². The first-order chi connectivity index (χ1) is 15.1. The number of ether oxygens (including phenoxy) is 1. The van der Waals surface area contributed by atoms with Crippen molar-refractivity contribution < 1.29 is 9.53 Å². The van der Waals surface area contributed by atoms with E-state index in [1.165, 1.54) is 5.56 Å². The zero-order chi connectivity index (χ0) is 21.8. The summed E-state index contributed by atoms with van der Waals surface area (Å²) in [5, 5.41) is 8.53. The van der Waals surface area contributed by atoms with Crippen molar-refractivity contribution >= 4 is 22.6 Å². The fraction of sp³-hybridized carbons (Fsp3) is 0.333. The molecule has 3 heterocycles. The van der Waals surface area contributed by atoms with Crippen molar-refractivity contribution in [1.29, 1.82) is 0 Å². The van der Waals surface area contributed by atoms with Gasteiger partial charge in [-0.1, -0.05) is 12.1 Å². The fourth-order valence-electron chi connectivity index (χ4n) is 3.82. The topological polar surface area (TPSA) is 81.4 Å². The molecule has 0 fully saturated rings. The van der Waals surface area contributed by atoms with Crippen molar-refractivity contribution in [3.63, 3.8) is 0 Å². The molecule has 31 heavy (non-hydrogen) atoms. The van der Waals surface area contributed by atoms with Crippen LogP contribution in [0.15, 0.2) is 42.6 Å². The molecule has 0 atom stereocenters. The summed E-state index contributed by atoms with van der Waals surface area (Å²) in [5.41, 5.74) is 5.65. The Hall–Kier alpha value is -3.48. The summed E-state index contributed by atoms with van der Waals surface area (Å²) in [5.74, 6) is 0.907. The number of rotatable bonds is 8. The van der Waals surface area contributed by atoms with Crippen molar-refractivity contribution in [2.24, 2.45) is 0 Å². The summed E-state index contributed by atoms with van der Waals surface area (Å²) in [7, 11) is 0. The third-order valence-corrected chi connectivity index (χ3v) is 5.46. The highest BCUT2D eigenvalue weighted by molar-refractivity contribution is 5.89.